The summed E-state index contributed by atoms with van der Waals surface area (Å²) in [6, 6.07) is 3.50. The van der Waals surface area contributed by atoms with Crippen molar-refractivity contribution in [2.24, 2.45) is 5.73 Å². The maximum atomic E-state index is 5.91. The second kappa shape index (κ2) is 5.59. The molecule has 0 atom stereocenters. The summed E-state index contributed by atoms with van der Waals surface area (Å²) in [6.45, 7) is 0.269. The van der Waals surface area contributed by atoms with Crippen molar-refractivity contribution in [3.8, 4) is 17.1 Å². The molecule has 0 aliphatic rings. The molecule has 6 nitrogen and oxygen atoms in total. The molecule has 0 unspecified atom stereocenters. The number of rotatable bonds is 3. The zero-order valence-electron chi connectivity index (χ0n) is 11.2. The van der Waals surface area contributed by atoms with Crippen molar-refractivity contribution in [3.05, 3.63) is 41.6 Å². The van der Waals surface area contributed by atoms with Gasteiger partial charge >= 0.3 is 0 Å². The number of hydrogen-bond donors (Lipinski definition) is 1. The monoisotopic (exact) mass is 301 g/mol. The molecule has 3 rings (SSSR count). The quantitative estimate of drug-likeness (QED) is 0.746. The van der Waals surface area contributed by atoms with Crippen LogP contribution in [0, 0.1) is 0 Å². The lowest BCUT2D eigenvalue weighted by molar-refractivity contribution is 0.417. The van der Waals surface area contributed by atoms with Crippen LogP contribution in [-0.4, -0.2) is 27.0 Å². The Morgan fingerprint density at radius 1 is 1.29 bits per heavy atom. The van der Waals surface area contributed by atoms with E-state index in [0.717, 1.165) is 10.9 Å². The Labute approximate surface area is 126 Å². The first kappa shape index (κ1) is 13.7. The molecule has 0 radical (unpaired) electrons. The predicted octanol–water partition coefficient (Wildman–Crippen LogP) is 2.21. The number of methoxy groups -OCH3 is 1. The molecule has 2 N–H and O–H groups in total. The van der Waals surface area contributed by atoms with Crippen LogP contribution in [-0.2, 0) is 6.54 Å². The second-order valence-corrected chi connectivity index (χ2v) is 4.69. The highest BCUT2D eigenvalue weighted by atomic mass is 35.5. The molecule has 106 valence electrons. The highest BCUT2D eigenvalue weighted by Gasteiger charge is 2.13. The minimum Gasteiger partial charge on any atom is -0.494 e. The van der Waals surface area contributed by atoms with Crippen LogP contribution >= 0.6 is 11.6 Å². The van der Waals surface area contributed by atoms with Crippen LogP contribution in [0.15, 0.2) is 30.7 Å². The van der Waals surface area contributed by atoms with E-state index < -0.39 is 0 Å². The molecule has 3 aromatic heterocycles. The van der Waals surface area contributed by atoms with E-state index in [-0.39, 0.29) is 6.54 Å². The molecule has 0 spiro atoms. The van der Waals surface area contributed by atoms with Gasteiger partial charge < -0.3 is 10.5 Å². The van der Waals surface area contributed by atoms with Gasteiger partial charge in [0.05, 0.1) is 36.1 Å². The number of hydrogen-bond acceptors (Lipinski definition) is 6. The molecule has 0 aromatic carbocycles. The van der Waals surface area contributed by atoms with Crippen LogP contribution in [0.1, 0.15) is 5.69 Å². The lowest BCUT2D eigenvalue weighted by Crippen LogP contribution is -2.05. The van der Waals surface area contributed by atoms with Gasteiger partial charge in [0.25, 0.3) is 0 Å². The number of fused-ring (bicyclic) bond motifs is 1. The van der Waals surface area contributed by atoms with Gasteiger partial charge in [0.15, 0.2) is 5.82 Å². The number of ether oxygens (including phenoxy) is 1. The van der Waals surface area contributed by atoms with Crippen molar-refractivity contribution in [1.82, 2.24) is 19.9 Å². The summed E-state index contributed by atoms with van der Waals surface area (Å²) >= 11 is 5.91. The molecule has 3 heterocycles. The van der Waals surface area contributed by atoms with E-state index in [1.807, 2.05) is 0 Å². The molecule has 0 saturated carbocycles. The SMILES string of the molecule is COc1cncc2nc(-c3ccnc(Cl)c3)nc(CN)c12. The van der Waals surface area contributed by atoms with Gasteiger partial charge in [0.1, 0.15) is 10.9 Å². The van der Waals surface area contributed by atoms with Gasteiger partial charge in [-0.15, -0.1) is 0 Å². The fraction of sp³-hybridized carbons (Fsp3) is 0.143. The van der Waals surface area contributed by atoms with Crippen LogP contribution in [0.2, 0.25) is 5.15 Å². The summed E-state index contributed by atoms with van der Waals surface area (Å²) in [4.78, 5) is 17.1. The molecular formula is C14H12ClN5O. The van der Waals surface area contributed by atoms with Crippen LogP contribution in [0.25, 0.3) is 22.3 Å². The third-order valence-corrected chi connectivity index (χ3v) is 3.25. The smallest absolute Gasteiger partial charge is 0.160 e. The Bertz CT molecular complexity index is 808. The first-order chi connectivity index (χ1) is 10.2. The molecule has 0 amide bonds. The lowest BCUT2D eigenvalue weighted by atomic mass is 10.2. The first-order valence-corrected chi connectivity index (χ1v) is 6.61. The Balaban J connectivity index is 2.27. The molecule has 0 saturated heterocycles. The number of halogens is 1. The van der Waals surface area contributed by atoms with Crippen LogP contribution in [0.3, 0.4) is 0 Å². The van der Waals surface area contributed by atoms with E-state index in [4.69, 9.17) is 22.1 Å². The van der Waals surface area contributed by atoms with Crippen molar-refractivity contribution in [3.63, 3.8) is 0 Å². The Morgan fingerprint density at radius 3 is 2.86 bits per heavy atom. The predicted molar refractivity (Wildman–Crippen MR) is 80.0 cm³/mol. The molecule has 0 aliphatic carbocycles. The van der Waals surface area contributed by atoms with E-state index in [0.29, 0.717) is 27.9 Å². The van der Waals surface area contributed by atoms with Gasteiger partial charge in [0, 0.05) is 18.3 Å². The molecule has 0 aliphatic heterocycles. The van der Waals surface area contributed by atoms with Gasteiger partial charge in [0.2, 0.25) is 0 Å². The standard InChI is InChI=1S/C14H12ClN5O/c1-21-11-7-17-6-10-13(11)9(5-16)19-14(20-10)8-2-3-18-12(15)4-8/h2-4,6-7H,5,16H2,1H3. The second-order valence-electron chi connectivity index (χ2n) is 4.30. The first-order valence-electron chi connectivity index (χ1n) is 6.23. The van der Waals surface area contributed by atoms with E-state index in [2.05, 4.69) is 19.9 Å². The average molecular weight is 302 g/mol. The molecular weight excluding hydrogens is 290 g/mol. The van der Waals surface area contributed by atoms with Crippen LogP contribution in [0.5, 0.6) is 5.75 Å². The third kappa shape index (κ3) is 2.51. The third-order valence-electron chi connectivity index (χ3n) is 3.04. The molecule has 3 aromatic rings. The Kier molecular flexibility index (Phi) is 3.64. The van der Waals surface area contributed by atoms with Gasteiger partial charge in [-0.2, -0.15) is 0 Å². The van der Waals surface area contributed by atoms with Crippen molar-refractivity contribution in [2.45, 2.75) is 6.54 Å². The minimum atomic E-state index is 0.269. The highest BCUT2D eigenvalue weighted by Crippen LogP contribution is 2.28. The largest absolute Gasteiger partial charge is 0.494 e. The van der Waals surface area contributed by atoms with E-state index >= 15 is 0 Å². The van der Waals surface area contributed by atoms with Crippen molar-refractivity contribution in [2.75, 3.05) is 7.11 Å². The lowest BCUT2D eigenvalue weighted by Gasteiger charge is -2.10. The molecule has 0 bridgehead atoms. The summed E-state index contributed by atoms with van der Waals surface area (Å²) < 4.78 is 5.31. The molecule has 0 fully saturated rings. The van der Waals surface area contributed by atoms with Gasteiger partial charge in [-0.25, -0.2) is 15.0 Å². The Hall–Kier alpha value is -2.31. The van der Waals surface area contributed by atoms with Crippen molar-refractivity contribution >= 4 is 22.5 Å². The van der Waals surface area contributed by atoms with E-state index in [1.165, 1.54) is 0 Å². The number of nitrogens with zero attached hydrogens (tertiary/aromatic N) is 4. The van der Waals surface area contributed by atoms with E-state index in [9.17, 15) is 0 Å². The molecule has 21 heavy (non-hydrogen) atoms. The highest BCUT2D eigenvalue weighted by molar-refractivity contribution is 6.29. The summed E-state index contributed by atoms with van der Waals surface area (Å²) in [5.41, 5.74) is 7.95. The van der Waals surface area contributed by atoms with Crippen LogP contribution in [0.4, 0.5) is 0 Å². The normalized spacial score (nSPS) is 10.8. The number of pyridine rings is 2. The summed E-state index contributed by atoms with van der Waals surface area (Å²) in [6.07, 6.45) is 4.88. The van der Waals surface area contributed by atoms with Crippen LogP contribution < -0.4 is 10.5 Å². The fourth-order valence-electron chi connectivity index (χ4n) is 2.10. The topological polar surface area (TPSA) is 86.8 Å². The average Bonchev–Trinajstić information content (AvgIpc) is 2.53. The van der Waals surface area contributed by atoms with Gasteiger partial charge in [-0.3, -0.25) is 4.98 Å². The zero-order chi connectivity index (χ0) is 14.8. The summed E-state index contributed by atoms with van der Waals surface area (Å²) in [7, 11) is 1.58. The van der Waals surface area contributed by atoms with Gasteiger partial charge in [-0.05, 0) is 12.1 Å². The summed E-state index contributed by atoms with van der Waals surface area (Å²) in [5.74, 6) is 1.13. The maximum absolute atomic E-state index is 5.91. The number of nitrogens with two attached hydrogens (primary N) is 1. The van der Waals surface area contributed by atoms with Crippen molar-refractivity contribution in [1.29, 1.82) is 0 Å². The Morgan fingerprint density at radius 2 is 2.14 bits per heavy atom. The molecule has 7 heteroatoms. The zero-order valence-corrected chi connectivity index (χ0v) is 12.0. The fourth-order valence-corrected chi connectivity index (χ4v) is 2.28. The number of aromatic nitrogens is 4. The maximum Gasteiger partial charge on any atom is 0.160 e. The van der Waals surface area contributed by atoms with E-state index in [1.54, 1.807) is 37.8 Å². The summed E-state index contributed by atoms with van der Waals surface area (Å²) in [5, 5.41) is 1.16. The van der Waals surface area contributed by atoms with Gasteiger partial charge in [-0.1, -0.05) is 11.6 Å². The van der Waals surface area contributed by atoms with Crippen molar-refractivity contribution < 1.29 is 4.74 Å². The minimum absolute atomic E-state index is 0.269.